The maximum Gasteiger partial charge on any atom is 0.0468 e. The summed E-state index contributed by atoms with van der Waals surface area (Å²) in [5, 5.41) is 4.95. The highest BCUT2D eigenvalue weighted by Gasteiger charge is 2.13. The summed E-state index contributed by atoms with van der Waals surface area (Å²) in [5.41, 5.74) is 1.16. The molecule has 3 heteroatoms. The number of unbranched alkanes of at least 4 members (excludes halogenated alkanes) is 2. The first kappa shape index (κ1) is 14.8. The van der Waals surface area contributed by atoms with Gasteiger partial charge in [-0.05, 0) is 30.7 Å². The van der Waals surface area contributed by atoms with Crippen LogP contribution in [-0.4, -0.2) is 6.54 Å². The monoisotopic (exact) mass is 273 g/mol. The predicted molar refractivity (Wildman–Crippen MR) is 77.0 cm³/mol. The Hall–Kier alpha value is -0.240. The minimum atomic E-state index is 0.344. The fourth-order valence-corrected chi connectivity index (χ4v) is 2.54. The van der Waals surface area contributed by atoms with Gasteiger partial charge in [0.05, 0.1) is 0 Å². The van der Waals surface area contributed by atoms with E-state index in [1.165, 1.54) is 19.3 Å². The lowest BCUT2D eigenvalue weighted by Gasteiger charge is -2.19. The third-order valence-electron chi connectivity index (χ3n) is 2.88. The van der Waals surface area contributed by atoms with Crippen LogP contribution in [0.15, 0.2) is 18.2 Å². The molecule has 1 aromatic carbocycles. The average molecular weight is 274 g/mol. The maximum atomic E-state index is 6.25. The van der Waals surface area contributed by atoms with Gasteiger partial charge in [0.1, 0.15) is 0 Å². The Morgan fingerprint density at radius 2 is 1.94 bits per heavy atom. The highest BCUT2D eigenvalue weighted by atomic mass is 35.5. The summed E-state index contributed by atoms with van der Waals surface area (Å²) in [6.45, 7) is 5.30. The summed E-state index contributed by atoms with van der Waals surface area (Å²) >= 11 is 12.2. The quantitative estimate of drug-likeness (QED) is 0.672. The second-order valence-electron chi connectivity index (χ2n) is 4.27. The molecule has 17 heavy (non-hydrogen) atoms. The molecular weight excluding hydrogens is 253 g/mol. The molecule has 1 aromatic rings. The minimum absolute atomic E-state index is 0.344. The molecule has 1 nitrogen and oxygen atoms in total. The number of nitrogens with one attached hydrogen (secondary N) is 1. The molecule has 0 aliphatic carbocycles. The summed E-state index contributed by atoms with van der Waals surface area (Å²) < 4.78 is 0. The van der Waals surface area contributed by atoms with Crippen LogP contribution in [-0.2, 0) is 0 Å². The summed E-state index contributed by atoms with van der Waals surface area (Å²) in [6.07, 6.45) is 4.87. The van der Waals surface area contributed by atoms with Crippen molar-refractivity contribution >= 4 is 23.2 Å². The molecule has 0 fully saturated rings. The Kier molecular flexibility index (Phi) is 6.94. The smallest absolute Gasteiger partial charge is 0.0468 e. The predicted octanol–water partition coefficient (Wildman–Crippen LogP) is 5.22. The van der Waals surface area contributed by atoms with Crippen LogP contribution in [0.5, 0.6) is 0 Å². The van der Waals surface area contributed by atoms with Crippen molar-refractivity contribution in [2.75, 3.05) is 6.54 Å². The molecule has 0 aromatic heterocycles. The van der Waals surface area contributed by atoms with Crippen molar-refractivity contribution < 1.29 is 0 Å². The first-order valence-electron chi connectivity index (χ1n) is 6.37. The first-order chi connectivity index (χ1) is 8.19. The molecule has 96 valence electrons. The molecule has 1 N–H and O–H groups in total. The zero-order valence-corrected chi connectivity index (χ0v) is 12.1. The second kappa shape index (κ2) is 7.97. The van der Waals surface area contributed by atoms with Gasteiger partial charge in [-0.3, -0.25) is 0 Å². The minimum Gasteiger partial charge on any atom is -0.310 e. The normalized spacial score (nSPS) is 12.7. The van der Waals surface area contributed by atoms with Crippen LogP contribution in [0, 0.1) is 0 Å². The van der Waals surface area contributed by atoms with Crippen molar-refractivity contribution in [2.45, 2.75) is 45.6 Å². The summed E-state index contributed by atoms with van der Waals surface area (Å²) in [7, 11) is 0. The molecule has 0 amide bonds. The van der Waals surface area contributed by atoms with Gasteiger partial charge in [-0.2, -0.15) is 0 Å². The third kappa shape index (κ3) is 4.87. The zero-order chi connectivity index (χ0) is 12.7. The molecule has 0 heterocycles. The van der Waals surface area contributed by atoms with E-state index >= 15 is 0 Å². The van der Waals surface area contributed by atoms with Crippen LogP contribution in [0.2, 0.25) is 10.0 Å². The first-order valence-corrected chi connectivity index (χ1v) is 7.13. The average Bonchev–Trinajstić information content (AvgIpc) is 2.28. The van der Waals surface area contributed by atoms with Crippen LogP contribution < -0.4 is 5.32 Å². The van der Waals surface area contributed by atoms with E-state index in [1.54, 1.807) is 0 Å². The molecule has 0 spiro atoms. The molecule has 1 rings (SSSR count). The van der Waals surface area contributed by atoms with E-state index in [2.05, 4.69) is 19.2 Å². The van der Waals surface area contributed by atoms with Crippen LogP contribution in [0.1, 0.15) is 51.1 Å². The van der Waals surface area contributed by atoms with Gasteiger partial charge < -0.3 is 5.32 Å². The van der Waals surface area contributed by atoms with E-state index < -0.39 is 0 Å². The summed E-state index contributed by atoms with van der Waals surface area (Å²) in [4.78, 5) is 0. The molecule has 0 bridgehead atoms. The number of hydrogen-bond donors (Lipinski definition) is 1. The van der Waals surface area contributed by atoms with Crippen molar-refractivity contribution in [2.24, 2.45) is 0 Å². The fourth-order valence-electron chi connectivity index (χ4n) is 2.00. The molecule has 1 unspecified atom stereocenters. The molecule has 0 saturated carbocycles. The second-order valence-corrected chi connectivity index (χ2v) is 5.12. The van der Waals surface area contributed by atoms with E-state index in [4.69, 9.17) is 23.2 Å². The van der Waals surface area contributed by atoms with Crippen LogP contribution in [0.4, 0.5) is 0 Å². The van der Waals surface area contributed by atoms with Crippen LogP contribution in [0.3, 0.4) is 0 Å². The van der Waals surface area contributed by atoms with Gasteiger partial charge >= 0.3 is 0 Å². The maximum absolute atomic E-state index is 6.25. The molecule has 0 saturated heterocycles. The Bertz CT molecular complexity index is 339. The molecule has 0 radical (unpaired) electrons. The van der Waals surface area contributed by atoms with Gasteiger partial charge in [-0.15, -0.1) is 0 Å². The fraction of sp³-hybridized carbons (Fsp3) is 0.571. The molecular formula is C14H21Cl2N. The third-order valence-corrected chi connectivity index (χ3v) is 3.45. The van der Waals surface area contributed by atoms with Crippen molar-refractivity contribution in [1.29, 1.82) is 0 Å². The number of halogens is 2. The van der Waals surface area contributed by atoms with E-state index in [1.807, 2.05) is 18.2 Å². The van der Waals surface area contributed by atoms with E-state index in [0.717, 1.165) is 23.6 Å². The van der Waals surface area contributed by atoms with E-state index in [0.29, 0.717) is 11.1 Å². The molecule has 1 atom stereocenters. The SMILES string of the molecule is CCCCCC(NCC)c1ccc(Cl)cc1Cl. The van der Waals surface area contributed by atoms with Gasteiger partial charge in [-0.25, -0.2) is 0 Å². The number of hydrogen-bond acceptors (Lipinski definition) is 1. The lowest BCUT2D eigenvalue weighted by molar-refractivity contribution is 0.487. The Morgan fingerprint density at radius 3 is 2.53 bits per heavy atom. The van der Waals surface area contributed by atoms with Crippen molar-refractivity contribution in [3.63, 3.8) is 0 Å². The standard InChI is InChI=1S/C14H21Cl2N/c1-3-5-6-7-14(17-4-2)12-9-8-11(15)10-13(12)16/h8-10,14,17H,3-7H2,1-2H3. The lowest BCUT2D eigenvalue weighted by atomic mass is 10.0. The van der Waals surface area contributed by atoms with Gasteiger partial charge in [0.15, 0.2) is 0 Å². The molecule has 0 aliphatic heterocycles. The molecule has 0 aliphatic rings. The van der Waals surface area contributed by atoms with Crippen molar-refractivity contribution in [1.82, 2.24) is 5.32 Å². The number of benzene rings is 1. The Morgan fingerprint density at radius 1 is 1.18 bits per heavy atom. The highest BCUT2D eigenvalue weighted by molar-refractivity contribution is 6.35. The van der Waals surface area contributed by atoms with Crippen molar-refractivity contribution in [3.05, 3.63) is 33.8 Å². The lowest BCUT2D eigenvalue weighted by Crippen LogP contribution is -2.21. The Balaban J connectivity index is 2.74. The van der Waals surface area contributed by atoms with Gasteiger partial charge in [-0.1, -0.05) is 62.4 Å². The number of rotatable bonds is 7. The summed E-state index contributed by atoms with van der Waals surface area (Å²) in [6, 6.07) is 6.11. The highest BCUT2D eigenvalue weighted by Crippen LogP contribution is 2.29. The van der Waals surface area contributed by atoms with Gasteiger partial charge in [0.25, 0.3) is 0 Å². The van der Waals surface area contributed by atoms with Gasteiger partial charge in [0, 0.05) is 16.1 Å². The van der Waals surface area contributed by atoms with Gasteiger partial charge in [0.2, 0.25) is 0 Å². The Labute approximate surface area is 115 Å². The summed E-state index contributed by atoms with van der Waals surface area (Å²) in [5.74, 6) is 0. The van der Waals surface area contributed by atoms with E-state index in [-0.39, 0.29) is 0 Å². The largest absolute Gasteiger partial charge is 0.310 e. The van der Waals surface area contributed by atoms with Crippen LogP contribution in [0.25, 0.3) is 0 Å². The zero-order valence-electron chi connectivity index (χ0n) is 10.6. The van der Waals surface area contributed by atoms with Crippen molar-refractivity contribution in [3.8, 4) is 0 Å². The van der Waals surface area contributed by atoms with E-state index in [9.17, 15) is 0 Å². The van der Waals surface area contributed by atoms with Crippen LogP contribution >= 0.6 is 23.2 Å². The topological polar surface area (TPSA) is 12.0 Å².